The highest BCUT2D eigenvalue weighted by molar-refractivity contribution is 6.09. The van der Waals surface area contributed by atoms with Crippen LogP contribution in [0.2, 0.25) is 0 Å². The van der Waals surface area contributed by atoms with Gasteiger partial charge >= 0.3 is 0 Å². The van der Waals surface area contributed by atoms with E-state index in [1.54, 1.807) is 13.0 Å². The number of ketones is 1. The van der Waals surface area contributed by atoms with E-state index in [9.17, 15) is 9.18 Å². The molecule has 0 atom stereocenters. The summed E-state index contributed by atoms with van der Waals surface area (Å²) in [6.45, 7) is 5.64. The minimum Gasteiger partial charge on any atom is -0.289 e. The van der Waals surface area contributed by atoms with Gasteiger partial charge in [-0.1, -0.05) is 12.1 Å². The van der Waals surface area contributed by atoms with Gasteiger partial charge in [-0.05, 0) is 61.7 Å². The third kappa shape index (κ3) is 2.33. The number of aryl methyl sites for hydroxylation is 3. The molecule has 2 rings (SSSR count). The standard InChI is InChI=1S/C16H15FO/c1-10-4-5-13(8-11(10)2)16(18)14-6-7-15(17)12(3)9-14/h4-9H,1-3H3. The fraction of sp³-hybridized carbons (Fsp3) is 0.188. The lowest BCUT2D eigenvalue weighted by Crippen LogP contribution is -2.03. The highest BCUT2D eigenvalue weighted by Crippen LogP contribution is 2.16. The SMILES string of the molecule is Cc1ccc(C(=O)c2ccc(F)c(C)c2)cc1C. The molecule has 0 aliphatic heterocycles. The molecule has 0 saturated heterocycles. The molecule has 0 aliphatic rings. The maximum Gasteiger partial charge on any atom is 0.193 e. The summed E-state index contributed by atoms with van der Waals surface area (Å²) in [4.78, 5) is 12.3. The minimum atomic E-state index is -0.286. The third-order valence-electron chi connectivity index (χ3n) is 3.19. The number of rotatable bonds is 2. The number of carbonyl (C=O) groups excluding carboxylic acids is 1. The molecule has 0 heterocycles. The van der Waals surface area contributed by atoms with Crippen molar-refractivity contribution in [3.63, 3.8) is 0 Å². The van der Waals surface area contributed by atoms with Crippen LogP contribution < -0.4 is 0 Å². The fourth-order valence-corrected chi connectivity index (χ4v) is 1.84. The number of halogens is 1. The predicted molar refractivity (Wildman–Crippen MR) is 70.5 cm³/mol. The third-order valence-corrected chi connectivity index (χ3v) is 3.19. The second kappa shape index (κ2) is 4.73. The molecule has 0 fully saturated rings. The summed E-state index contributed by atoms with van der Waals surface area (Å²) in [5.41, 5.74) is 3.90. The van der Waals surface area contributed by atoms with Crippen LogP contribution in [-0.2, 0) is 0 Å². The van der Waals surface area contributed by atoms with E-state index >= 15 is 0 Å². The summed E-state index contributed by atoms with van der Waals surface area (Å²) >= 11 is 0. The van der Waals surface area contributed by atoms with E-state index in [2.05, 4.69) is 0 Å². The van der Waals surface area contributed by atoms with Crippen molar-refractivity contribution in [2.24, 2.45) is 0 Å². The van der Waals surface area contributed by atoms with E-state index in [4.69, 9.17) is 0 Å². The molecule has 2 aromatic carbocycles. The van der Waals surface area contributed by atoms with E-state index in [1.165, 1.54) is 12.1 Å². The summed E-state index contributed by atoms with van der Waals surface area (Å²) in [6, 6.07) is 10.1. The van der Waals surface area contributed by atoms with Crippen molar-refractivity contribution in [3.8, 4) is 0 Å². The first-order valence-electron chi connectivity index (χ1n) is 5.87. The zero-order chi connectivity index (χ0) is 13.3. The zero-order valence-electron chi connectivity index (χ0n) is 10.8. The molecule has 92 valence electrons. The van der Waals surface area contributed by atoms with Crippen molar-refractivity contribution < 1.29 is 9.18 Å². The molecular weight excluding hydrogens is 227 g/mol. The van der Waals surface area contributed by atoms with Gasteiger partial charge in [-0.25, -0.2) is 4.39 Å². The van der Waals surface area contributed by atoms with E-state index < -0.39 is 0 Å². The average molecular weight is 242 g/mol. The van der Waals surface area contributed by atoms with E-state index in [-0.39, 0.29) is 11.6 Å². The molecule has 18 heavy (non-hydrogen) atoms. The topological polar surface area (TPSA) is 17.1 Å². The minimum absolute atomic E-state index is 0.0683. The second-order valence-corrected chi connectivity index (χ2v) is 4.59. The number of hydrogen-bond donors (Lipinski definition) is 0. The molecule has 0 amide bonds. The van der Waals surface area contributed by atoms with E-state index in [0.29, 0.717) is 16.7 Å². The molecule has 0 bridgehead atoms. The largest absolute Gasteiger partial charge is 0.289 e. The molecular formula is C16H15FO. The lowest BCUT2D eigenvalue weighted by atomic mass is 9.98. The van der Waals surface area contributed by atoms with Crippen LogP contribution in [0.1, 0.15) is 32.6 Å². The molecule has 1 nitrogen and oxygen atoms in total. The Bertz CT molecular complexity index is 561. The summed E-state index contributed by atoms with van der Waals surface area (Å²) < 4.78 is 13.2. The Kier molecular flexibility index (Phi) is 3.28. The lowest BCUT2D eigenvalue weighted by molar-refractivity contribution is 0.103. The second-order valence-electron chi connectivity index (χ2n) is 4.59. The van der Waals surface area contributed by atoms with Gasteiger partial charge in [0.2, 0.25) is 0 Å². The maximum absolute atomic E-state index is 13.2. The van der Waals surface area contributed by atoms with Crippen LogP contribution in [-0.4, -0.2) is 5.78 Å². The van der Waals surface area contributed by atoms with Gasteiger partial charge in [0.1, 0.15) is 5.82 Å². The van der Waals surface area contributed by atoms with Crippen molar-refractivity contribution in [2.75, 3.05) is 0 Å². The molecule has 0 aromatic heterocycles. The Morgan fingerprint density at radius 1 is 0.833 bits per heavy atom. The summed E-state index contributed by atoms with van der Waals surface area (Å²) in [7, 11) is 0. The highest BCUT2D eigenvalue weighted by atomic mass is 19.1. The Balaban J connectivity index is 2.41. The van der Waals surface area contributed by atoms with Crippen LogP contribution in [0.15, 0.2) is 36.4 Å². The van der Waals surface area contributed by atoms with Crippen molar-refractivity contribution in [1.82, 2.24) is 0 Å². The van der Waals surface area contributed by atoms with Crippen LogP contribution in [0.4, 0.5) is 4.39 Å². The summed E-state index contributed by atoms with van der Waals surface area (Å²) in [5, 5.41) is 0. The molecule has 2 aromatic rings. The van der Waals surface area contributed by atoms with Gasteiger partial charge in [0.15, 0.2) is 5.78 Å². The quantitative estimate of drug-likeness (QED) is 0.728. The zero-order valence-corrected chi connectivity index (χ0v) is 10.8. The molecule has 0 aliphatic carbocycles. The molecule has 2 heteroatoms. The highest BCUT2D eigenvalue weighted by Gasteiger charge is 2.11. The normalized spacial score (nSPS) is 10.4. The Morgan fingerprint density at radius 3 is 1.94 bits per heavy atom. The van der Waals surface area contributed by atoms with Crippen LogP contribution in [0.25, 0.3) is 0 Å². The monoisotopic (exact) mass is 242 g/mol. The summed E-state index contributed by atoms with van der Waals surface area (Å²) in [5.74, 6) is -0.354. The Morgan fingerprint density at radius 2 is 1.39 bits per heavy atom. The van der Waals surface area contributed by atoms with Crippen LogP contribution in [0.3, 0.4) is 0 Å². The van der Waals surface area contributed by atoms with Gasteiger partial charge in [0, 0.05) is 11.1 Å². The van der Waals surface area contributed by atoms with Crippen LogP contribution in [0, 0.1) is 26.6 Å². The van der Waals surface area contributed by atoms with Crippen LogP contribution in [0.5, 0.6) is 0 Å². The van der Waals surface area contributed by atoms with Crippen molar-refractivity contribution in [3.05, 3.63) is 70.0 Å². The molecule has 0 N–H and O–H groups in total. The first-order valence-corrected chi connectivity index (χ1v) is 5.87. The summed E-state index contributed by atoms with van der Waals surface area (Å²) in [6.07, 6.45) is 0. The molecule has 0 spiro atoms. The Hall–Kier alpha value is -1.96. The van der Waals surface area contributed by atoms with Crippen LogP contribution >= 0.6 is 0 Å². The lowest BCUT2D eigenvalue weighted by Gasteiger charge is -2.06. The fourth-order valence-electron chi connectivity index (χ4n) is 1.84. The van der Waals surface area contributed by atoms with Gasteiger partial charge < -0.3 is 0 Å². The average Bonchev–Trinajstić information content (AvgIpc) is 2.35. The van der Waals surface area contributed by atoms with Gasteiger partial charge in [0.25, 0.3) is 0 Å². The number of hydrogen-bond acceptors (Lipinski definition) is 1. The number of carbonyl (C=O) groups is 1. The van der Waals surface area contributed by atoms with Crippen molar-refractivity contribution >= 4 is 5.78 Å². The molecule has 0 unspecified atom stereocenters. The van der Waals surface area contributed by atoms with Gasteiger partial charge in [-0.2, -0.15) is 0 Å². The van der Waals surface area contributed by atoms with Crippen molar-refractivity contribution in [1.29, 1.82) is 0 Å². The van der Waals surface area contributed by atoms with E-state index in [1.807, 2.05) is 32.0 Å². The van der Waals surface area contributed by atoms with E-state index in [0.717, 1.165) is 11.1 Å². The van der Waals surface area contributed by atoms with Gasteiger partial charge in [0.05, 0.1) is 0 Å². The van der Waals surface area contributed by atoms with Crippen molar-refractivity contribution in [2.45, 2.75) is 20.8 Å². The molecule has 0 saturated carbocycles. The Labute approximate surface area is 106 Å². The van der Waals surface area contributed by atoms with Gasteiger partial charge in [-0.3, -0.25) is 4.79 Å². The maximum atomic E-state index is 13.2. The van der Waals surface area contributed by atoms with Gasteiger partial charge in [-0.15, -0.1) is 0 Å². The first-order chi connectivity index (χ1) is 8.49. The predicted octanol–water partition coefficient (Wildman–Crippen LogP) is 3.98. The first kappa shape index (κ1) is 12.5. The smallest absolute Gasteiger partial charge is 0.193 e. The number of benzene rings is 2. The molecule has 0 radical (unpaired) electrons.